The van der Waals surface area contributed by atoms with E-state index in [1.165, 1.54) is 0 Å². The zero-order valence-electron chi connectivity index (χ0n) is 9.41. The van der Waals surface area contributed by atoms with Gasteiger partial charge in [0.05, 0.1) is 6.54 Å². The Morgan fingerprint density at radius 1 is 1.40 bits per heavy atom. The topological polar surface area (TPSA) is 55.4 Å². The number of ketones is 1. The van der Waals surface area contributed by atoms with Crippen LogP contribution in [-0.2, 0) is 14.3 Å². The third kappa shape index (κ3) is 4.00. The summed E-state index contributed by atoms with van der Waals surface area (Å²) in [5.74, 6) is -0.125. The second-order valence-electron chi connectivity index (χ2n) is 4.19. The molecule has 0 bridgehead atoms. The first-order chi connectivity index (χ1) is 7.11. The number of amides is 1. The first kappa shape index (κ1) is 12.2. The Bertz CT molecular complexity index is 232. The highest BCUT2D eigenvalue weighted by atomic mass is 16.5. The van der Waals surface area contributed by atoms with Crippen LogP contribution >= 0.6 is 0 Å². The third-order valence-corrected chi connectivity index (χ3v) is 2.55. The lowest BCUT2D eigenvalue weighted by molar-refractivity contribution is -0.137. The molecule has 0 aliphatic carbocycles. The van der Waals surface area contributed by atoms with Crippen molar-refractivity contribution in [2.75, 3.05) is 13.2 Å². The molecule has 86 valence electrons. The minimum absolute atomic E-state index is 0.0300. The molecular formula is C11H19NO3. The van der Waals surface area contributed by atoms with Crippen molar-refractivity contribution in [3.05, 3.63) is 0 Å². The predicted octanol–water partition coefficient (Wildman–Crippen LogP) is 0.897. The van der Waals surface area contributed by atoms with Crippen molar-refractivity contribution in [2.24, 2.45) is 5.92 Å². The number of Topliss-reactive ketones (excluding diaryl/α,β-unsaturated/α-hetero) is 1. The Kier molecular flexibility index (Phi) is 4.75. The van der Waals surface area contributed by atoms with Crippen LogP contribution in [-0.4, -0.2) is 30.9 Å². The first-order valence-corrected chi connectivity index (χ1v) is 5.53. The van der Waals surface area contributed by atoms with Crippen molar-refractivity contribution >= 4 is 11.7 Å². The monoisotopic (exact) mass is 213 g/mol. The minimum atomic E-state index is -0.348. The van der Waals surface area contributed by atoms with Crippen LogP contribution in [0.1, 0.15) is 33.1 Å². The van der Waals surface area contributed by atoms with E-state index in [0.717, 1.165) is 19.3 Å². The maximum absolute atomic E-state index is 11.5. The number of hydrogen-bond acceptors (Lipinski definition) is 3. The lowest BCUT2D eigenvalue weighted by Gasteiger charge is -2.21. The van der Waals surface area contributed by atoms with Gasteiger partial charge in [0.2, 0.25) is 5.91 Å². The Morgan fingerprint density at radius 2 is 2.13 bits per heavy atom. The summed E-state index contributed by atoms with van der Waals surface area (Å²) in [6.07, 6.45) is 2.46. The molecule has 1 amide bonds. The van der Waals surface area contributed by atoms with Crippen LogP contribution in [0.15, 0.2) is 0 Å². The average molecular weight is 213 g/mol. The summed E-state index contributed by atoms with van der Waals surface area (Å²) in [5, 5.41) is 2.62. The number of ether oxygens (including phenoxy) is 1. The van der Waals surface area contributed by atoms with Crippen LogP contribution in [0.4, 0.5) is 0 Å². The molecule has 1 rings (SSSR count). The Labute approximate surface area is 90.4 Å². The number of carbonyl (C=O) groups excluding carboxylic acids is 2. The Balaban J connectivity index is 2.26. The summed E-state index contributed by atoms with van der Waals surface area (Å²) < 4.78 is 5.31. The zero-order chi connectivity index (χ0) is 11.3. The van der Waals surface area contributed by atoms with Gasteiger partial charge in [0.15, 0.2) is 5.78 Å². The van der Waals surface area contributed by atoms with Gasteiger partial charge in [-0.1, -0.05) is 13.8 Å². The summed E-state index contributed by atoms with van der Waals surface area (Å²) in [4.78, 5) is 22.8. The highest BCUT2D eigenvalue weighted by molar-refractivity contribution is 5.88. The smallest absolute Gasteiger partial charge is 0.249 e. The number of carbonyl (C=O) groups is 2. The molecule has 1 saturated heterocycles. The van der Waals surface area contributed by atoms with Crippen LogP contribution in [0.5, 0.6) is 0 Å². The minimum Gasteiger partial charge on any atom is -0.368 e. The van der Waals surface area contributed by atoms with Crippen LogP contribution < -0.4 is 5.32 Å². The molecule has 1 unspecified atom stereocenters. The Hall–Kier alpha value is -0.900. The molecule has 1 atom stereocenters. The van der Waals surface area contributed by atoms with Gasteiger partial charge in [-0.05, 0) is 19.3 Å². The van der Waals surface area contributed by atoms with Gasteiger partial charge in [-0.25, -0.2) is 0 Å². The molecule has 0 aromatic carbocycles. The summed E-state index contributed by atoms with van der Waals surface area (Å²) in [5.41, 5.74) is 0. The standard InChI is InChI=1S/C11H19NO3/c1-8(2)9(13)7-12-11(14)10-5-3-4-6-15-10/h8,10H,3-7H2,1-2H3,(H,12,14). The van der Waals surface area contributed by atoms with Crippen molar-refractivity contribution in [2.45, 2.75) is 39.2 Å². The molecule has 0 aromatic rings. The number of nitrogens with one attached hydrogen (secondary N) is 1. The fraction of sp³-hybridized carbons (Fsp3) is 0.818. The normalized spacial score (nSPS) is 21.4. The van der Waals surface area contributed by atoms with Gasteiger partial charge in [0, 0.05) is 12.5 Å². The second-order valence-corrected chi connectivity index (χ2v) is 4.19. The molecule has 0 radical (unpaired) electrons. The van der Waals surface area contributed by atoms with E-state index in [1.54, 1.807) is 0 Å². The highest BCUT2D eigenvalue weighted by Gasteiger charge is 2.22. The molecule has 0 saturated carbocycles. The lowest BCUT2D eigenvalue weighted by atomic mass is 10.1. The fourth-order valence-electron chi connectivity index (χ4n) is 1.44. The molecule has 1 heterocycles. The molecule has 1 fully saturated rings. The highest BCUT2D eigenvalue weighted by Crippen LogP contribution is 2.12. The summed E-state index contributed by atoms with van der Waals surface area (Å²) in [6.45, 7) is 4.42. The number of hydrogen-bond donors (Lipinski definition) is 1. The number of rotatable bonds is 4. The average Bonchev–Trinajstić information content (AvgIpc) is 2.26. The summed E-state index contributed by atoms with van der Waals surface area (Å²) in [7, 11) is 0. The maximum atomic E-state index is 11.5. The SMILES string of the molecule is CC(C)C(=O)CNC(=O)C1CCCCO1. The maximum Gasteiger partial charge on any atom is 0.249 e. The van der Waals surface area contributed by atoms with Crippen molar-refractivity contribution in [3.63, 3.8) is 0 Å². The van der Waals surface area contributed by atoms with Gasteiger partial charge in [-0.2, -0.15) is 0 Å². The Morgan fingerprint density at radius 3 is 2.67 bits per heavy atom. The van der Waals surface area contributed by atoms with Crippen molar-refractivity contribution < 1.29 is 14.3 Å². The first-order valence-electron chi connectivity index (χ1n) is 5.53. The van der Waals surface area contributed by atoms with E-state index < -0.39 is 0 Å². The molecule has 15 heavy (non-hydrogen) atoms. The van der Waals surface area contributed by atoms with Gasteiger partial charge in [0.25, 0.3) is 0 Å². The van der Waals surface area contributed by atoms with Gasteiger partial charge in [-0.3, -0.25) is 9.59 Å². The van der Waals surface area contributed by atoms with E-state index >= 15 is 0 Å². The molecule has 1 aliphatic rings. The summed E-state index contributed by atoms with van der Waals surface area (Å²) in [6, 6.07) is 0. The predicted molar refractivity (Wildman–Crippen MR) is 56.4 cm³/mol. The van der Waals surface area contributed by atoms with E-state index in [2.05, 4.69) is 5.32 Å². The molecule has 4 heteroatoms. The fourth-order valence-corrected chi connectivity index (χ4v) is 1.44. The van der Waals surface area contributed by atoms with Gasteiger partial charge in [-0.15, -0.1) is 0 Å². The third-order valence-electron chi connectivity index (χ3n) is 2.55. The van der Waals surface area contributed by atoms with E-state index in [9.17, 15) is 9.59 Å². The van der Waals surface area contributed by atoms with E-state index in [-0.39, 0.29) is 30.3 Å². The van der Waals surface area contributed by atoms with Gasteiger partial charge in [0.1, 0.15) is 6.10 Å². The van der Waals surface area contributed by atoms with E-state index in [0.29, 0.717) is 6.61 Å². The van der Waals surface area contributed by atoms with Crippen molar-refractivity contribution in [3.8, 4) is 0 Å². The largest absolute Gasteiger partial charge is 0.368 e. The van der Waals surface area contributed by atoms with Crippen molar-refractivity contribution in [1.29, 1.82) is 0 Å². The quantitative estimate of drug-likeness (QED) is 0.754. The molecule has 4 nitrogen and oxygen atoms in total. The van der Waals surface area contributed by atoms with E-state index in [4.69, 9.17) is 4.74 Å². The van der Waals surface area contributed by atoms with Gasteiger partial charge >= 0.3 is 0 Å². The summed E-state index contributed by atoms with van der Waals surface area (Å²) >= 11 is 0. The zero-order valence-corrected chi connectivity index (χ0v) is 9.41. The van der Waals surface area contributed by atoms with Gasteiger partial charge < -0.3 is 10.1 Å². The molecule has 1 N–H and O–H groups in total. The lowest BCUT2D eigenvalue weighted by Crippen LogP contribution is -2.41. The van der Waals surface area contributed by atoms with E-state index in [1.807, 2.05) is 13.8 Å². The molecular weight excluding hydrogens is 194 g/mol. The van der Waals surface area contributed by atoms with Crippen LogP contribution in [0.3, 0.4) is 0 Å². The van der Waals surface area contributed by atoms with Crippen LogP contribution in [0, 0.1) is 5.92 Å². The molecule has 0 aromatic heterocycles. The molecule has 1 aliphatic heterocycles. The van der Waals surface area contributed by atoms with Crippen molar-refractivity contribution in [1.82, 2.24) is 5.32 Å². The second kappa shape index (κ2) is 5.85. The van der Waals surface area contributed by atoms with Crippen LogP contribution in [0.2, 0.25) is 0 Å². The van der Waals surface area contributed by atoms with Crippen LogP contribution in [0.25, 0.3) is 0 Å². The molecule has 0 spiro atoms.